The number of hydrogen-bond acceptors (Lipinski definition) is 6. The summed E-state index contributed by atoms with van der Waals surface area (Å²) in [5.41, 5.74) is 5.40. The van der Waals surface area contributed by atoms with Gasteiger partial charge in [0.25, 0.3) is 0 Å². The number of hydrogen-bond donors (Lipinski definition) is 2. The molecule has 1 amide bonds. The smallest absolute Gasteiger partial charge is 0.390 e. The van der Waals surface area contributed by atoms with Crippen LogP contribution in [0.1, 0.15) is 53.9 Å². The number of alkyl halides is 3. The fraction of sp³-hybridized carbons (Fsp3) is 0.600. The van der Waals surface area contributed by atoms with E-state index in [9.17, 15) is 31.5 Å². The number of likely N-dealkylation sites (tertiary alicyclic amines) is 1. The van der Waals surface area contributed by atoms with E-state index >= 15 is 0 Å². The Kier molecular flexibility index (Phi) is 7.69. The van der Waals surface area contributed by atoms with Gasteiger partial charge in [-0.05, 0) is 43.5 Å². The molecule has 1 saturated heterocycles. The van der Waals surface area contributed by atoms with Crippen LogP contribution in [0.15, 0.2) is 18.2 Å². The topological polar surface area (TPSA) is 122 Å². The molecule has 0 radical (unpaired) electrons. The Morgan fingerprint density at radius 2 is 1.84 bits per heavy atom. The monoisotopic (exact) mass is 557 g/mol. The zero-order valence-corrected chi connectivity index (χ0v) is 22.6. The van der Waals surface area contributed by atoms with E-state index in [1.807, 2.05) is 0 Å². The van der Waals surface area contributed by atoms with Gasteiger partial charge < -0.3 is 15.7 Å². The first kappa shape index (κ1) is 28.5. The lowest BCUT2D eigenvalue weighted by Gasteiger charge is -2.37. The maximum Gasteiger partial charge on any atom is 0.417 e. The number of nitrogens with zero attached hydrogens (tertiary/aromatic N) is 4. The van der Waals surface area contributed by atoms with Crippen LogP contribution >= 0.6 is 0 Å². The van der Waals surface area contributed by atoms with Crippen molar-refractivity contribution in [2.75, 3.05) is 32.4 Å². The van der Waals surface area contributed by atoms with Crippen molar-refractivity contribution >= 4 is 15.9 Å². The molecule has 210 valence electrons. The van der Waals surface area contributed by atoms with Gasteiger partial charge in [-0.3, -0.25) is 9.48 Å². The Hall–Kier alpha value is -2.48. The number of β-amino-alcohol motifs (C(OH)–C–C–N with tert-alkyl or cyclic N) is 1. The van der Waals surface area contributed by atoms with Gasteiger partial charge in [-0.25, -0.2) is 8.42 Å². The molecule has 9 nitrogen and oxygen atoms in total. The molecule has 3 heterocycles. The van der Waals surface area contributed by atoms with Crippen LogP contribution in [0, 0.1) is 5.41 Å². The van der Waals surface area contributed by atoms with Crippen molar-refractivity contribution in [3.63, 3.8) is 0 Å². The first-order chi connectivity index (χ1) is 17.5. The highest BCUT2D eigenvalue weighted by Gasteiger charge is 2.36. The maximum absolute atomic E-state index is 13.4. The molecule has 1 fully saturated rings. The first-order valence-corrected chi connectivity index (χ1v) is 14.4. The number of nitrogens with two attached hydrogens (primary N) is 1. The van der Waals surface area contributed by atoms with Gasteiger partial charge in [0.05, 0.1) is 35.7 Å². The minimum absolute atomic E-state index is 0.0201. The lowest BCUT2D eigenvalue weighted by atomic mass is 9.82. The van der Waals surface area contributed by atoms with Gasteiger partial charge in [0.2, 0.25) is 15.9 Å². The molecule has 13 heteroatoms. The number of carbonyl (C=O) groups excluding carboxylic acids is 1. The molecule has 1 atom stereocenters. The average Bonchev–Trinajstić information content (AvgIpc) is 3.16. The lowest BCUT2D eigenvalue weighted by Crippen LogP contribution is -2.42. The third-order valence-corrected chi connectivity index (χ3v) is 8.74. The molecule has 3 N–H and O–H groups in total. The third-order valence-electron chi connectivity index (χ3n) is 7.49. The molecule has 4 rings (SSSR count). The fourth-order valence-electron chi connectivity index (χ4n) is 5.17. The molecule has 0 aliphatic carbocycles. The van der Waals surface area contributed by atoms with Crippen LogP contribution in [-0.2, 0) is 35.7 Å². The predicted molar refractivity (Wildman–Crippen MR) is 136 cm³/mol. The molecule has 0 spiro atoms. The largest absolute Gasteiger partial charge is 0.417 e. The van der Waals surface area contributed by atoms with Gasteiger partial charge in [0.1, 0.15) is 0 Å². The minimum Gasteiger partial charge on any atom is -0.390 e. The highest BCUT2D eigenvalue weighted by Crippen LogP contribution is 2.37. The minimum atomic E-state index is -4.78. The highest BCUT2D eigenvalue weighted by molar-refractivity contribution is 7.88. The number of primary amides is 1. The van der Waals surface area contributed by atoms with Gasteiger partial charge in [0.15, 0.2) is 0 Å². The Bertz CT molecular complexity index is 1310. The standard InChI is InChI=1S/C25H34F3N5O4S/c1-24(2)7-10-31(11-8-24)13-17(34)14-33-21-6-9-32(38(3,36)37)15-19(21)22(30-33)16-4-5-20(25(26,27)28)18(12-16)23(29)35/h4-5,12,17,34H,6-11,13-15H2,1-3H3,(H2,29,35). The van der Waals surface area contributed by atoms with E-state index in [1.54, 1.807) is 4.68 Å². The fourth-order valence-corrected chi connectivity index (χ4v) is 5.96. The number of carbonyl (C=O) groups is 1. The van der Waals surface area contributed by atoms with Crippen molar-refractivity contribution < 1.29 is 31.5 Å². The Morgan fingerprint density at radius 3 is 2.42 bits per heavy atom. The second-order valence-electron chi connectivity index (χ2n) is 11.0. The van der Waals surface area contributed by atoms with Crippen LogP contribution in [0.2, 0.25) is 0 Å². The molecular weight excluding hydrogens is 523 g/mol. The molecular formula is C25H34F3N5O4S. The second-order valence-corrected chi connectivity index (χ2v) is 13.0. The van der Waals surface area contributed by atoms with Crippen LogP contribution in [0.25, 0.3) is 11.3 Å². The quantitative estimate of drug-likeness (QED) is 0.540. The summed E-state index contributed by atoms with van der Waals surface area (Å²) in [6.45, 7) is 6.98. The number of piperidine rings is 1. The molecule has 38 heavy (non-hydrogen) atoms. The molecule has 0 bridgehead atoms. The molecule has 2 aromatic rings. The summed E-state index contributed by atoms with van der Waals surface area (Å²) >= 11 is 0. The van der Waals surface area contributed by atoms with Crippen molar-refractivity contribution in [2.24, 2.45) is 11.1 Å². The number of aliphatic hydroxyl groups excluding tert-OH is 1. The van der Waals surface area contributed by atoms with Crippen molar-refractivity contribution in [1.29, 1.82) is 0 Å². The number of aliphatic hydroxyl groups is 1. The normalized spacial score (nSPS) is 19.8. The number of benzene rings is 1. The van der Waals surface area contributed by atoms with Gasteiger partial charge in [-0.2, -0.15) is 22.6 Å². The third kappa shape index (κ3) is 6.22. The predicted octanol–water partition coefficient (Wildman–Crippen LogP) is 2.47. The van der Waals surface area contributed by atoms with Crippen LogP contribution in [-0.4, -0.2) is 77.0 Å². The molecule has 2 aliphatic rings. The van der Waals surface area contributed by atoms with E-state index in [0.29, 0.717) is 24.2 Å². The van der Waals surface area contributed by atoms with Crippen molar-refractivity contribution in [3.8, 4) is 11.3 Å². The van der Waals surface area contributed by atoms with Gasteiger partial charge in [-0.1, -0.05) is 19.9 Å². The summed E-state index contributed by atoms with van der Waals surface area (Å²) < 4.78 is 67.8. The van der Waals surface area contributed by atoms with Gasteiger partial charge in [0, 0.05) is 42.9 Å². The van der Waals surface area contributed by atoms with Crippen LogP contribution in [0.5, 0.6) is 0 Å². The number of sulfonamides is 1. The number of amides is 1. The molecule has 1 aromatic heterocycles. The number of halogens is 3. The number of aromatic nitrogens is 2. The van der Waals surface area contributed by atoms with Crippen molar-refractivity contribution in [3.05, 3.63) is 40.6 Å². The summed E-state index contributed by atoms with van der Waals surface area (Å²) in [5.74, 6) is -1.23. The molecule has 2 aliphatic heterocycles. The SMILES string of the molecule is CC1(C)CCN(CC(O)Cn2nc(-c3ccc(C(F)(F)F)c(C(N)=O)c3)c3c2CCN(S(C)(=O)=O)C3)CC1. The zero-order chi connectivity index (χ0) is 28.0. The summed E-state index contributed by atoms with van der Waals surface area (Å²) in [4.78, 5) is 14.1. The molecule has 0 saturated carbocycles. The lowest BCUT2D eigenvalue weighted by molar-refractivity contribution is -0.137. The first-order valence-electron chi connectivity index (χ1n) is 12.5. The van der Waals surface area contributed by atoms with E-state index < -0.39 is 39.3 Å². The van der Waals surface area contributed by atoms with Gasteiger partial charge in [-0.15, -0.1) is 0 Å². The molecule has 1 aromatic carbocycles. The average molecular weight is 558 g/mol. The number of fused-ring (bicyclic) bond motifs is 1. The highest BCUT2D eigenvalue weighted by atomic mass is 32.2. The van der Waals surface area contributed by atoms with Crippen molar-refractivity contribution in [1.82, 2.24) is 19.0 Å². The number of rotatable bonds is 7. The van der Waals surface area contributed by atoms with E-state index in [4.69, 9.17) is 5.73 Å². The summed E-state index contributed by atoms with van der Waals surface area (Å²) in [6.07, 6.45) is -2.06. The van der Waals surface area contributed by atoms with Crippen molar-refractivity contribution in [2.45, 2.75) is 58.5 Å². The van der Waals surface area contributed by atoms with E-state index in [1.165, 1.54) is 10.4 Å². The van der Waals surface area contributed by atoms with E-state index in [2.05, 4.69) is 23.8 Å². The van der Waals surface area contributed by atoms with E-state index in [-0.39, 0.29) is 36.3 Å². The summed E-state index contributed by atoms with van der Waals surface area (Å²) in [5, 5.41) is 15.5. The Labute approximate surface area is 220 Å². The summed E-state index contributed by atoms with van der Waals surface area (Å²) in [6, 6.07) is 3.03. The maximum atomic E-state index is 13.4. The Balaban J connectivity index is 1.68. The molecule has 1 unspecified atom stereocenters. The summed E-state index contributed by atoms with van der Waals surface area (Å²) in [7, 11) is -3.54. The second kappa shape index (κ2) is 10.2. The van der Waals surface area contributed by atoms with Crippen LogP contribution in [0.4, 0.5) is 13.2 Å². The van der Waals surface area contributed by atoms with Crippen LogP contribution in [0.3, 0.4) is 0 Å². The zero-order valence-electron chi connectivity index (χ0n) is 21.8. The Morgan fingerprint density at radius 1 is 1.18 bits per heavy atom. The van der Waals surface area contributed by atoms with Gasteiger partial charge >= 0.3 is 6.18 Å². The van der Waals surface area contributed by atoms with Crippen LogP contribution < -0.4 is 5.73 Å². The van der Waals surface area contributed by atoms with E-state index in [0.717, 1.165) is 44.3 Å².